The van der Waals surface area contributed by atoms with Crippen LogP contribution >= 0.6 is 0 Å². The average Bonchev–Trinajstić information content (AvgIpc) is 2.72. The molecule has 0 aliphatic heterocycles. The van der Waals surface area contributed by atoms with Gasteiger partial charge in [-0.25, -0.2) is 0 Å². The Balaban J connectivity index is 2.18. The molecule has 3 nitrogen and oxygen atoms in total. The van der Waals surface area contributed by atoms with Gasteiger partial charge in [-0.15, -0.1) is 0 Å². The number of phenolic OH excluding ortho intramolecular Hbond substituents is 2. The summed E-state index contributed by atoms with van der Waals surface area (Å²) in [6.07, 6.45) is 0. The number of fused-ring (bicyclic) bond motifs is 1. The third-order valence-electron chi connectivity index (χ3n) is 2.47. The van der Waals surface area contributed by atoms with Crippen molar-refractivity contribution in [2.45, 2.75) is 0 Å². The van der Waals surface area contributed by atoms with Crippen LogP contribution in [0.4, 0.5) is 0 Å². The first kappa shape index (κ1) is 10.4. The number of hydrogen-bond donors (Lipinski definition) is 2. The van der Waals surface area contributed by atoms with Crippen LogP contribution in [0.2, 0.25) is 0 Å². The summed E-state index contributed by atoms with van der Waals surface area (Å²) in [7, 11) is 0. The first-order chi connectivity index (χ1) is 8.22. The number of rotatable bonds is 1. The van der Waals surface area contributed by atoms with E-state index in [-0.39, 0.29) is 26.0 Å². The van der Waals surface area contributed by atoms with Crippen LogP contribution in [0.15, 0.2) is 42.5 Å². The van der Waals surface area contributed by atoms with E-state index in [9.17, 15) is 10.2 Å². The van der Waals surface area contributed by atoms with Crippen molar-refractivity contribution in [3.8, 4) is 21.6 Å². The van der Waals surface area contributed by atoms with Crippen molar-refractivity contribution in [1.82, 2.24) is 4.98 Å². The second kappa shape index (κ2) is 3.91. The first-order valence-electron chi connectivity index (χ1n) is 5.11. The van der Waals surface area contributed by atoms with Gasteiger partial charge < -0.3 is 0 Å². The SMILES string of the molecule is Oc1cccc(-c2nc3ccc(O)cc3[se]2)c1. The van der Waals surface area contributed by atoms with Crippen molar-refractivity contribution in [2.24, 2.45) is 0 Å². The Kier molecular flexibility index (Phi) is 2.39. The van der Waals surface area contributed by atoms with Gasteiger partial charge in [-0.1, -0.05) is 0 Å². The summed E-state index contributed by atoms with van der Waals surface area (Å²) in [5.74, 6) is 0.526. The van der Waals surface area contributed by atoms with Gasteiger partial charge >= 0.3 is 104 Å². The number of benzene rings is 2. The maximum atomic E-state index is 9.45. The van der Waals surface area contributed by atoms with Crippen molar-refractivity contribution < 1.29 is 10.2 Å². The van der Waals surface area contributed by atoms with E-state index in [2.05, 4.69) is 4.98 Å². The van der Waals surface area contributed by atoms with Gasteiger partial charge in [0.1, 0.15) is 0 Å². The molecule has 0 aliphatic rings. The number of aromatic hydroxyl groups is 2. The summed E-state index contributed by atoms with van der Waals surface area (Å²) in [4.78, 5) is 4.53. The fraction of sp³-hybridized carbons (Fsp3) is 0. The Bertz CT molecular complexity index is 691. The van der Waals surface area contributed by atoms with Crippen molar-refractivity contribution in [3.05, 3.63) is 42.5 Å². The van der Waals surface area contributed by atoms with Crippen molar-refractivity contribution in [3.63, 3.8) is 0 Å². The molecular formula is C13H9NO2Se. The van der Waals surface area contributed by atoms with Crippen molar-refractivity contribution >= 4 is 24.3 Å². The van der Waals surface area contributed by atoms with Crippen LogP contribution in [0.1, 0.15) is 0 Å². The van der Waals surface area contributed by atoms with Gasteiger partial charge in [0.2, 0.25) is 0 Å². The molecule has 0 amide bonds. The van der Waals surface area contributed by atoms with Crippen LogP contribution in [-0.2, 0) is 0 Å². The van der Waals surface area contributed by atoms with E-state index >= 15 is 0 Å². The van der Waals surface area contributed by atoms with Gasteiger partial charge in [-0.05, 0) is 0 Å². The molecule has 0 saturated carbocycles. The molecule has 4 heteroatoms. The van der Waals surface area contributed by atoms with E-state index < -0.39 is 0 Å². The second-order valence-corrected chi connectivity index (χ2v) is 5.88. The maximum absolute atomic E-state index is 9.45. The van der Waals surface area contributed by atoms with Crippen LogP contribution in [0.5, 0.6) is 11.5 Å². The number of aromatic nitrogens is 1. The topological polar surface area (TPSA) is 53.4 Å². The standard InChI is InChI=1S/C13H9NO2Se/c15-9-3-1-2-8(6-9)13-14-11-5-4-10(16)7-12(11)17-13/h1-7,15-16H. The van der Waals surface area contributed by atoms with Crippen molar-refractivity contribution in [2.75, 3.05) is 0 Å². The zero-order valence-electron chi connectivity index (χ0n) is 8.79. The molecule has 0 aliphatic carbocycles. The minimum atomic E-state index is 0.0852. The van der Waals surface area contributed by atoms with Crippen molar-refractivity contribution in [1.29, 1.82) is 0 Å². The van der Waals surface area contributed by atoms with E-state index in [4.69, 9.17) is 0 Å². The van der Waals surface area contributed by atoms with Crippen LogP contribution < -0.4 is 0 Å². The third kappa shape index (κ3) is 1.93. The van der Waals surface area contributed by atoms with Gasteiger partial charge in [-0.3, -0.25) is 0 Å². The molecule has 0 atom stereocenters. The molecule has 84 valence electrons. The van der Waals surface area contributed by atoms with E-state index in [0.717, 1.165) is 19.9 Å². The molecular weight excluding hydrogens is 281 g/mol. The molecule has 0 spiro atoms. The van der Waals surface area contributed by atoms with E-state index in [1.54, 1.807) is 24.3 Å². The molecule has 1 aromatic heterocycles. The molecule has 0 saturated heterocycles. The monoisotopic (exact) mass is 291 g/mol. The Morgan fingerprint density at radius 3 is 2.59 bits per heavy atom. The number of hydrogen-bond acceptors (Lipinski definition) is 3. The normalized spacial score (nSPS) is 10.8. The zero-order valence-corrected chi connectivity index (χ0v) is 10.5. The van der Waals surface area contributed by atoms with Gasteiger partial charge in [0.25, 0.3) is 0 Å². The minimum absolute atomic E-state index is 0.0852. The summed E-state index contributed by atoms with van der Waals surface area (Å²) in [6.45, 7) is 0. The Labute approximate surface area is 104 Å². The fourth-order valence-electron chi connectivity index (χ4n) is 1.68. The van der Waals surface area contributed by atoms with E-state index in [0.29, 0.717) is 0 Å². The summed E-state index contributed by atoms with van der Waals surface area (Å²) >= 11 is 0.0852. The van der Waals surface area contributed by atoms with Gasteiger partial charge in [0.15, 0.2) is 0 Å². The third-order valence-corrected chi connectivity index (χ3v) is 4.70. The van der Waals surface area contributed by atoms with Gasteiger partial charge in [0.05, 0.1) is 0 Å². The molecule has 2 N–H and O–H groups in total. The quantitative estimate of drug-likeness (QED) is 0.677. The fourth-order valence-corrected chi connectivity index (χ4v) is 3.76. The van der Waals surface area contributed by atoms with Crippen LogP contribution in [0, 0.1) is 0 Å². The van der Waals surface area contributed by atoms with Crippen LogP contribution in [0.3, 0.4) is 0 Å². The summed E-state index contributed by atoms with van der Waals surface area (Å²) in [5.41, 5.74) is 1.86. The Morgan fingerprint density at radius 1 is 0.941 bits per heavy atom. The molecule has 17 heavy (non-hydrogen) atoms. The molecule has 0 unspecified atom stereocenters. The second-order valence-electron chi connectivity index (χ2n) is 3.72. The molecule has 0 bridgehead atoms. The molecule has 2 aromatic carbocycles. The first-order valence-corrected chi connectivity index (χ1v) is 6.83. The summed E-state index contributed by atoms with van der Waals surface area (Å²) < 4.78 is 2.06. The van der Waals surface area contributed by atoms with Crippen LogP contribution in [0.25, 0.3) is 19.9 Å². The molecule has 3 aromatic rings. The molecule has 0 radical (unpaired) electrons. The Morgan fingerprint density at radius 2 is 1.76 bits per heavy atom. The Hall–Kier alpha value is -1.77. The molecule has 0 fully saturated rings. The predicted octanol–water partition coefficient (Wildman–Crippen LogP) is 2.37. The zero-order chi connectivity index (χ0) is 11.8. The molecule has 1 heterocycles. The van der Waals surface area contributed by atoms with Gasteiger partial charge in [0, 0.05) is 0 Å². The van der Waals surface area contributed by atoms with Gasteiger partial charge in [-0.2, -0.15) is 0 Å². The average molecular weight is 290 g/mol. The molecule has 3 rings (SSSR count). The summed E-state index contributed by atoms with van der Waals surface area (Å²) in [6, 6.07) is 12.3. The predicted molar refractivity (Wildman–Crippen MR) is 67.4 cm³/mol. The van der Waals surface area contributed by atoms with E-state index in [1.165, 1.54) is 0 Å². The number of phenols is 2. The summed E-state index contributed by atoms with van der Waals surface area (Å²) in [5, 5.41) is 18.9. The van der Waals surface area contributed by atoms with Crippen LogP contribution in [-0.4, -0.2) is 29.7 Å². The van der Waals surface area contributed by atoms with E-state index in [1.807, 2.05) is 18.2 Å². The number of nitrogens with zero attached hydrogens (tertiary/aromatic N) is 1.